The van der Waals surface area contributed by atoms with E-state index in [2.05, 4.69) is 24.5 Å². The number of aromatic nitrogens is 5. The van der Waals surface area contributed by atoms with Gasteiger partial charge in [-0.05, 0) is 26.1 Å². The first kappa shape index (κ1) is 16.8. The molecule has 0 aromatic carbocycles. The fourth-order valence-electron chi connectivity index (χ4n) is 3.08. The minimum Gasteiger partial charge on any atom is -0.361 e. The fourth-order valence-corrected chi connectivity index (χ4v) is 3.26. The molecule has 4 aromatic heterocycles. The zero-order chi connectivity index (χ0) is 18.3. The van der Waals surface area contributed by atoms with Gasteiger partial charge in [0.25, 0.3) is 0 Å². The Morgan fingerprint density at radius 3 is 2.88 bits per heavy atom. The molecule has 4 aromatic rings. The Bertz CT molecular complexity index is 1060. The molecule has 0 fully saturated rings. The summed E-state index contributed by atoms with van der Waals surface area (Å²) >= 11 is 6.49. The first-order chi connectivity index (χ1) is 12.5. The third-order valence-electron chi connectivity index (χ3n) is 4.29. The lowest BCUT2D eigenvalue weighted by molar-refractivity contribution is 0.314. The van der Waals surface area contributed by atoms with Gasteiger partial charge in [0.05, 0.1) is 11.9 Å². The first-order valence-corrected chi connectivity index (χ1v) is 8.65. The molecule has 0 aliphatic rings. The lowest BCUT2D eigenvalue weighted by Gasteiger charge is -2.16. The van der Waals surface area contributed by atoms with Gasteiger partial charge >= 0.3 is 0 Å². The van der Waals surface area contributed by atoms with Crippen LogP contribution < -0.4 is 0 Å². The van der Waals surface area contributed by atoms with Gasteiger partial charge in [-0.25, -0.2) is 4.98 Å². The molecule has 0 saturated heterocycles. The molecule has 0 amide bonds. The van der Waals surface area contributed by atoms with Gasteiger partial charge in [0.1, 0.15) is 27.9 Å². The Balaban J connectivity index is 1.60. The van der Waals surface area contributed by atoms with Crippen LogP contribution in [0.15, 0.2) is 41.2 Å². The molecule has 8 heteroatoms. The van der Waals surface area contributed by atoms with Crippen molar-refractivity contribution in [3.63, 3.8) is 0 Å². The summed E-state index contributed by atoms with van der Waals surface area (Å²) in [6.07, 6.45) is 3.92. The van der Waals surface area contributed by atoms with E-state index < -0.39 is 0 Å². The molecule has 4 rings (SSSR count). The van der Waals surface area contributed by atoms with Crippen LogP contribution >= 0.6 is 11.6 Å². The van der Waals surface area contributed by atoms with Crippen molar-refractivity contribution in [2.45, 2.75) is 20.0 Å². The van der Waals surface area contributed by atoms with Crippen LogP contribution in [-0.4, -0.2) is 36.3 Å². The van der Waals surface area contributed by atoms with Crippen LogP contribution in [0.3, 0.4) is 0 Å². The average Bonchev–Trinajstić information content (AvgIpc) is 3.30. The predicted molar refractivity (Wildman–Crippen MR) is 98.8 cm³/mol. The normalized spacial score (nSPS) is 11.7. The molecule has 4 heterocycles. The van der Waals surface area contributed by atoms with Crippen molar-refractivity contribution in [1.82, 2.24) is 29.2 Å². The van der Waals surface area contributed by atoms with Gasteiger partial charge in [-0.1, -0.05) is 22.8 Å². The van der Waals surface area contributed by atoms with Gasteiger partial charge in [-0.15, -0.1) is 0 Å². The summed E-state index contributed by atoms with van der Waals surface area (Å²) in [7, 11) is 3.87. The zero-order valence-corrected chi connectivity index (χ0v) is 15.6. The summed E-state index contributed by atoms with van der Waals surface area (Å²) in [5, 5.41) is 9.20. The van der Waals surface area contributed by atoms with Crippen LogP contribution in [0.4, 0.5) is 0 Å². The molecule has 0 atom stereocenters. The van der Waals surface area contributed by atoms with E-state index in [9.17, 15) is 0 Å². The number of rotatable bonds is 5. The van der Waals surface area contributed by atoms with Crippen LogP contribution in [0.2, 0.25) is 5.15 Å². The second-order valence-corrected chi connectivity index (χ2v) is 6.77. The Morgan fingerprint density at radius 2 is 2.12 bits per heavy atom. The van der Waals surface area contributed by atoms with Crippen molar-refractivity contribution in [3.05, 3.63) is 58.8 Å². The fraction of sp³-hybridized carbons (Fsp3) is 0.278. The lowest BCUT2D eigenvalue weighted by Crippen LogP contribution is -2.18. The maximum Gasteiger partial charge on any atom is 0.136 e. The van der Waals surface area contributed by atoms with E-state index in [4.69, 9.17) is 16.1 Å². The highest BCUT2D eigenvalue weighted by Crippen LogP contribution is 2.29. The number of pyridine rings is 1. The number of hydrogen-bond acceptors (Lipinski definition) is 5. The van der Waals surface area contributed by atoms with Crippen molar-refractivity contribution in [2.75, 3.05) is 7.05 Å². The third kappa shape index (κ3) is 3.00. The van der Waals surface area contributed by atoms with E-state index in [0.29, 0.717) is 17.4 Å². The number of nitrogens with zero attached hydrogens (tertiary/aromatic N) is 6. The maximum atomic E-state index is 6.49. The summed E-state index contributed by atoms with van der Waals surface area (Å²) in [4.78, 5) is 6.62. The van der Waals surface area contributed by atoms with Crippen molar-refractivity contribution in [3.8, 4) is 11.4 Å². The molecule has 0 radical (unpaired) electrons. The molecule has 0 N–H and O–H groups in total. The topological polar surface area (TPSA) is 64.4 Å². The van der Waals surface area contributed by atoms with Crippen molar-refractivity contribution >= 4 is 17.2 Å². The number of aryl methyl sites for hydroxylation is 2. The quantitative estimate of drug-likeness (QED) is 0.539. The number of fused-ring (bicyclic) bond motifs is 1. The molecule has 134 valence electrons. The maximum absolute atomic E-state index is 6.49. The van der Waals surface area contributed by atoms with Crippen molar-refractivity contribution < 1.29 is 4.52 Å². The third-order valence-corrected chi connectivity index (χ3v) is 4.77. The highest BCUT2D eigenvalue weighted by atomic mass is 35.5. The van der Waals surface area contributed by atoms with Crippen molar-refractivity contribution in [2.24, 2.45) is 7.05 Å². The van der Waals surface area contributed by atoms with Gasteiger partial charge in [-0.2, -0.15) is 5.10 Å². The molecular weight excluding hydrogens is 352 g/mol. The molecule has 0 bridgehead atoms. The van der Waals surface area contributed by atoms with Crippen LogP contribution in [0.25, 0.3) is 17.0 Å². The Labute approximate surface area is 155 Å². The molecule has 26 heavy (non-hydrogen) atoms. The molecule has 0 spiro atoms. The van der Waals surface area contributed by atoms with E-state index in [-0.39, 0.29) is 0 Å². The van der Waals surface area contributed by atoms with E-state index in [1.807, 2.05) is 57.7 Å². The van der Waals surface area contributed by atoms with E-state index in [1.54, 1.807) is 4.68 Å². The standard InChI is InChI=1S/C18H19ClN6O/c1-12-8-15(22-26-12)17-14(18(19)24(3)21-17)11-23(2)10-13-9-20-16-6-4-5-7-25(13)16/h4-9H,10-11H2,1-3H3. The largest absolute Gasteiger partial charge is 0.361 e. The number of hydrogen-bond donors (Lipinski definition) is 0. The van der Waals surface area contributed by atoms with Crippen molar-refractivity contribution in [1.29, 1.82) is 0 Å². The van der Waals surface area contributed by atoms with Gasteiger partial charge in [0.15, 0.2) is 0 Å². The second-order valence-electron chi connectivity index (χ2n) is 6.42. The first-order valence-electron chi connectivity index (χ1n) is 8.27. The molecule has 7 nitrogen and oxygen atoms in total. The minimum atomic E-state index is 0.602. The van der Waals surface area contributed by atoms with Gasteiger partial charge in [0, 0.05) is 38.0 Å². The molecule has 0 aliphatic heterocycles. The van der Waals surface area contributed by atoms with Crippen LogP contribution in [0, 0.1) is 6.92 Å². The van der Waals surface area contributed by atoms with E-state index in [1.165, 1.54) is 0 Å². The van der Waals surface area contributed by atoms with Crippen LogP contribution in [0.5, 0.6) is 0 Å². The molecule has 0 unspecified atom stereocenters. The summed E-state index contributed by atoms with van der Waals surface area (Å²) in [5.41, 5.74) is 4.43. The summed E-state index contributed by atoms with van der Waals surface area (Å²) in [6.45, 7) is 3.22. The highest BCUT2D eigenvalue weighted by Gasteiger charge is 2.20. The summed E-state index contributed by atoms with van der Waals surface area (Å²) < 4.78 is 8.95. The predicted octanol–water partition coefficient (Wildman–Crippen LogP) is 3.32. The molecule has 0 saturated carbocycles. The SMILES string of the molecule is Cc1cc(-c2nn(C)c(Cl)c2CN(C)Cc2cnc3ccccn23)no1. The Morgan fingerprint density at radius 1 is 1.27 bits per heavy atom. The molecular formula is C18H19ClN6O. The van der Waals surface area contributed by atoms with Gasteiger partial charge in [0.2, 0.25) is 0 Å². The highest BCUT2D eigenvalue weighted by molar-refractivity contribution is 6.30. The monoisotopic (exact) mass is 370 g/mol. The van der Waals surface area contributed by atoms with Gasteiger partial charge in [-0.3, -0.25) is 9.58 Å². The van der Waals surface area contributed by atoms with E-state index >= 15 is 0 Å². The smallest absolute Gasteiger partial charge is 0.136 e. The molecule has 0 aliphatic carbocycles. The Hall–Kier alpha value is -2.64. The summed E-state index contributed by atoms with van der Waals surface area (Å²) in [6, 6.07) is 7.84. The van der Waals surface area contributed by atoms with E-state index in [0.717, 1.165) is 34.9 Å². The second kappa shape index (κ2) is 6.59. The summed E-state index contributed by atoms with van der Waals surface area (Å²) in [5.74, 6) is 0.742. The minimum absolute atomic E-state index is 0.602. The zero-order valence-electron chi connectivity index (χ0n) is 14.8. The number of imidazole rings is 1. The average molecular weight is 371 g/mol. The van der Waals surface area contributed by atoms with Crippen LogP contribution in [-0.2, 0) is 20.1 Å². The van der Waals surface area contributed by atoms with Gasteiger partial charge < -0.3 is 8.92 Å². The lowest BCUT2D eigenvalue weighted by atomic mass is 10.2. The Kier molecular flexibility index (Phi) is 4.26. The number of halogens is 1. The van der Waals surface area contributed by atoms with Crippen LogP contribution in [0.1, 0.15) is 17.0 Å².